The highest BCUT2D eigenvalue weighted by molar-refractivity contribution is 5.88. The first kappa shape index (κ1) is 38.4. The summed E-state index contributed by atoms with van der Waals surface area (Å²) in [7, 11) is 0. The number of rotatable bonds is 14. The fourth-order valence-corrected chi connectivity index (χ4v) is 5.23. The Hall–Kier alpha value is -4.74. The SMILES string of the molecule is CC(=O)N[C@H]1[C@H]([C@H](O)[C@H](O)CO)OC(C(=O)O)=C(CC2=C(C(=O)O)O[C@@H]([C@H](O)[C@H](O)CO)[C@H](NC(C)=O)[C@H]2N=C(N)N)[C@@H]1N=C(N)N. The Morgan fingerprint density at radius 3 is 1.26 bits per heavy atom. The Morgan fingerprint density at radius 1 is 0.702 bits per heavy atom. The zero-order chi connectivity index (χ0) is 35.9. The molecule has 0 fully saturated rings. The minimum atomic E-state index is -2.05. The number of hydrogen-bond donors (Lipinski definition) is 14. The Morgan fingerprint density at radius 2 is 1.02 bits per heavy atom. The van der Waals surface area contributed by atoms with E-state index in [0.29, 0.717) is 0 Å². The zero-order valence-electron chi connectivity index (χ0n) is 25.1. The van der Waals surface area contributed by atoms with Crippen molar-refractivity contribution < 1.29 is 69.5 Å². The van der Waals surface area contributed by atoms with Crippen LogP contribution >= 0.6 is 0 Å². The van der Waals surface area contributed by atoms with Gasteiger partial charge in [-0.2, -0.15) is 0 Å². The van der Waals surface area contributed by atoms with Gasteiger partial charge in [0, 0.05) is 31.4 Å². The lowest BCUT2D eigenvalue weighted by atomic mass is 9.80. The molecule has 0 spiro atoms. The summed E-state index contributed by atoms with van der Waals surface area (Å²) in [6.45, 7) is 0.0325. The Labute approximate surface area is 266 Å². The van der Waals surface area contributed by atoms with E-state index in [0.717, 1.165) is 13.8 Å². The molecule has 0 aromatic carbocycles. The molecule has 0 aromatic heterocycles. The van der Waals surface area contributed by atoms with Crippen LogP contribution in [0.2, 0.25) is 0 Å². The maximum atomic E-state index is 12.6. The number of nitrogens with one attached hydrogen (secondary N) is 2. The van der Waals surface area contributed by atoms with Crippen LogP contribution in [0.1, 0.15) is 20.3 Å². The molecule has 0 aliphatic carbocycles. The maximum Gasteiger partial charge on any atom is 0.371 e. The highest BCUT2D eigenvalue weighted by Gasteiger charge is 2.51. The molecule has 0 unspecified atom stereocenters. The number of carbonyl (C=O) groups is 4. The van der Waals surface area contributed by atoms with Gasteiger partial charge in [0.1, 0.15) is 48.7 Å². The van der Waals surface area contributed by atoms with Crippen LogP contribution in [0.15, 0.2) is 32.6 Å². The third-order valence-electron chi connectivity index (χ3n) is 7.11. The van der Waals surface area contributed by atoms with Crippen LogP contribution in [0.3, 0.4) is 0 Å². The minimum Gasteiger partial charge on any atom is -0.478 e. The monoisotopic (exact) mass is 676 g/mol. The third kappa shape index (κ3) is 9.17. The number of nitrogens with zero attached hydrogens (tertiary/aromatic N) is 2. The molecule has 0 bridgehead atoms. The van der Waals surface area contributed by atoms with Gasteiger partial charge < -0.3 is 83.9 Å². The van der Waals surface area contributed by atoms with E-state index in [1.54, 1.807) is 0 Å². The molecule has 2 amide bonds. The summed E-state index contributed by atoms with van der Waals surface area (Å²) in [6, 6.07) is -6.53. The standard InChI is InChI=1S/C25H40N8O14/c1-6(36)30-14-12(32-24(26)27)8(18(22(42)43)46-20(14)16(40)10(38)4-34)3-9-13(33-25(28)29)15(31-7(2)37)21(17(41)11(39)5-35)47-19(9)23(44)45/h10-17,20-21,34-35,38-41H,3-5H2,1-2H3,(H,30,36)(H,31,37)(H,42,43)(H,44,45)(H4,26,27,32)(H4,28,29,33)/t10-,11-,12+,13+,14-,15-,16-,17-,20-,21-/m1/s1. The predicted molar refractivity (Wildman–Crippen MR) is 156 cm³/mol. The highest BCUT2D eigenvalue weighted by atomic mass is 16.5. The van der Waals surface area contributed by atoms with Gasteiger partial charge in [-0.15, -0.1) is 0 Å². The van der Waals surface area contributed by atoms with Gasteiger partial charge in [0.05, 0.1) is 25.3 Å². The number of amides is 2. The van der Waals surface area contributed by atoms with Gasteiger partial charge in [0.25, 0.3) is 0 Å². The van der Waals surface area contributed by atoms with Gasteiger partial charge in [-0.05, 0) is 0 Å². The van der Waals surface area contributed by atoms with E-state index in [4.69, 9.17) is 32.4 Å². The molecule has 18 N–H and O–H groups in total. The average Bonchev–Trinajstić information content (AvgIpc) is 2.97. The lowest BCUT2D eigenvalue weighted by Crippen LogP contribution is -2.62. The summed E-state index contributed by atoms with van der Waals surface area (Å²) in [4.78, 5) is 57.6. The molecule has 0 radical (unpaired) electrons. The summed E-state index contributed by atoms with van der Waals surface area (Å²) < 4.78 is 11.1. The van der Waals surface area contributed by atoms with Gasteiger partial charge in [-0.3, -0.25) is 9.59 Å². The first-order chi connectivity index (χ1) is 21.9. The van der Waals surface area contributed by atoms with Crippen molar-refractivity contribution >= 4 is 35.7 Å². The van der Waals surface area contributed by atoms with Crippen molar-refractivity contribution in [2.45, 2.75) is 81.1 Å². The zero-order valence-corrected chi connectivity index (χ0v) is 25.1. The number of carbonyl (C=O) groups excluding carboxylic acids is 2. The first-order valence-corrected chi connectivity index (χ1v) is 13.8. The summed E-state index contributed by atoms with van der Waals surface area (Å²) in [5.41, 5.74) is 21.6. The van der Waals surface area contributed by atoms with Crippen molar-refractivity contribution in [3.8, 4) is 0 Å². The van der Waals surface area contributed by atoms with Gasteiger partial charge in [0.2, 0.25) is 23.3 Å². The highest BCUT2D eigenvalue weighted by Crippen LogP contribution is 2.39. The number of carboxylic acid groups (broad SMARTS) is 2. The molecular weight excluding hydrogens is 636 g/mol. The predicted octanol–water partition coefficient (Wildman–Crippen LogP) is -7.43. The van der Waals surface area contributed by atoms with E-state index in [-0.39, 0.29) is 0 Å². The van der Waals surface area contributed by atoms with Gasteiger partial charge >= 0.3 is 11.9 Å². The second-order valence-electron chi connectivity index (χ2n) is 10.6. The van der Waals surface area contributed by atoms with E-state index in [2.05, 4.69) is 20.6 Å². The summed E-state index contributed by atoms with van der Waals surface area (Å²) in [5.74, 6) is -8.56. The van der Waals surface area contributed by atoms with Crippen LogP contribution in [0.4, 0.5) is 0 Å². The number of ether oxygens (including phenoxy) is 2. The maximum absolute atomic E-state index is 12.6. The smallest absolute Gasteiger partial charge is 0.371 e. The largest absolute Gasteiger partial charge is 0.478 e. The number of hydrogen-bond acceptors (Lipinski definition) is 14. The van der Waals surface area contributed by atoms with Crippen LogP contribution in [-0.2, 0) is 28.7 Å². The second kappa shape index (κ2) is 16.2. The molecule has 264 valence electrons. The fraction of sp³-hybridized carbons (Fsp3) is 0.600. The number of nitrogens with two attached hydrogens (primary N) is 4. The van der Waals surface area contributed by atoms with Gasteiger partial charge in [-0.25, -0.2) is 19.6 Å². The fourth-order valence-electron chi connectivity index (χ4n) is 5.23. The van der Waals surface area contributed by atoms with E-state index in [1.807, 2.05) is 0 Å². The van der Waals surface area contributed by atoms with Crippen molar-refractivity contribution in [1.82, 2.24) is 10.6 Å². The molecule has 47 heavy (non-hydrogen) atoms. The van der Waals surface area contributed by atoms with Crippen LogP contribution in [0, 0.1) is 0 Å². The van der Waals surface area contributed by atoms with Crippen LogP contribution in [-0.4, -0.2) is 151 Å². The molecule has 2 heterocycles. The van der Waals surface area contributed by atoms with Crippen molar-refractivity contribution in [1.29, 1.82) is 0 Å². The van der Waals surface area contributed by atoms with Crippen molar-refractivity contribution in [2.24, 2.45) is 32.9 Å². The van der Waals surface area contributed by atoms with E-state index in [1.165, 1.54) is 0 Å². The van der Waals surface area contributed by atoms with Crippen molar-refractivity contribution in [3.05, 3.63) is 22.7 Å². The minimum absolute atomic E-state index is 0.462. The van der Waals surface area contributed by atoms with E-state index in [9.17, 15) is 60.0 Å². The lowest BCUT2D eigenvalue weighted by molar-refractivity contribution is -0.146. The summed E-state index contributed by atoms with van der Waals surface area (Å²) in [5, 5.41) is 85.7. The first-order valence-electron chi connectivity index (χ1n) is 13.8. The quantitative estimate of drug-likeness (QED) is 0.0600. The van der Waals surface area contributed by atoms with Crippen LogP contribution in [0.5, 0.6) is 0 Å². The number of carboxylic acids is 2. The number of aliphatic hydroxyl groups excluding tert-OH is 6. The molecule has 2 rings (SSSR count). The topological polar surface area (TPSA) is 401 Å². The van der Waals surface area contributed by atoms with Crippen molar-refractivity contribution in [2.75, 3.05) is 13.2 Å². The van der Waals surface area contributed by atoms with E-state index >= 15 is 0 Å². The van der Waals surface area contributed by atoms with Crippen molar-refractivity contribution in [3.63, 3.8) is 0 Å². The van der Waals surface area contributed by atoms with Gasteiger partial charge in [0.15, 0.2) is 11.9 Å². The van der Waals surface area contributed by atoms with E-state index < -0.39 is 139 Å². The number of aliphatic hydroxyl groups is 6. The molecule has 2 aliphatic heterocycles. The average molecular weight is 677 g/mol. The molecule has 22 nitrogen and oxygen atoms in total. The number of aliphatic carboxylic acids is 2. The second-order valence-corrected chi connectivity index (χ2v) is 10.6. The van der Waals surface area contributed by atoms with Crippen LogP contribution in [0.25, 0.3) is 0 Å². The molecule has 0 aromatic rings. The van der Waals surface area contributed by atoms with Gasteiger partial charge in [-0.1, -0.05) is 0 Å². The Kier molecular flexibility index (Phi) is 13.2. The molecular formula is C25H40N8O14. The number of aliphatic imine (C=N–C) groups is 2. The lowest BCUT2D eigenvalue weighted by Gasteiger charge is -2.43. The summed E-state index contributed by atoms with van der Waals surface area (Å²) >= 11 is 0. The molecule has 0 saturated carbocycles. The Balaban J connectivity index is 3.00. The molecule has 2 aliphatic rings. The molecule has 22 heteroatoms. The normalized spacial score (nSPS) is 26.8. The number of guanidine groups is 2. The molecule has 10 atom stereocenters. The third-order valence-corrected chi connectivity index (χ3v) is 7.11. The Bertz CT molecular complexity index is 1230. The van der Waals surface area contributed by atoms with Crippen LogP contribution < -0.4 is 33.6 Å². The summed E-state index contributed by atoms with van der Waals surface area (Å²) in [6.07, 6.45) is -12.4. The molecule has 0 saturated heterocycles.